The van der Waals surface area contributed by atoms with E-state index in [2.05, 4.69) is 6.58 Å². The molecule has 0 spiro atoms. The third kappa shape index (κ3) is 2.14. The van der Waals surface area contributed by atoms with E-state index in [9.17, 15) is 18.0 Å². The Morgan fingerprint density at radius 1 is 1.32 bits per heavy atom. The van der Waals surface area contributed by atoms with Crippen molar-refractivity contribution in [2.45, 2.75) is 38.0 Å². The summed E-state index contributed by atoms with van der Waals surface area (Å²) in [6.45, 7) is 5.95. The van der Waals surface area contributed by atoms with E-state index in [0.29, 0.717) is 12.0 Å². The number of benzene rings is 1. The van der Waals surface area contributed by atoms with Crippen molar-refractivity contribution in [1.82, 2.24) is 0 Å². The number of carbonyl (C=O) groups is 1. The van der Waals surface area contributed by atoms with Crippen molar-refractivity contribution < 1.29 is 22.7 Å². The normalized spacial score (nSPS) is 31.0. The van der Waals surface area contributed by atoms with Gasteiger partial charge in [-0.1, -0.05) is 36.4 Å². The molecule has 0 amide bonds. The van der Waals surface area contributed by atoms with Gasteiger partial charge >= 0.3 is 12.1 Å². The Labute approximate surface area is 127 Å². The van der Waals surface area contributed by atoms with Crippen LogP contribution in [0.5, 0.6) is 0 Å². The molecule has 5 heteroatoms. The van der Waals surface area contributed by atoms with E-state index < -0.39 is 23.7 Å². The predicted octanol–water partition coefficient (Wildman–Crippen LogP) is 4.28. The molecule has 1 aliphatic carbocycles. The Balaban J connectivity index is 1.92. The molecule has 0 radical (unpaired) electrons. The zero-order valence-corrected chi connectivity index (χ0v) is 12.2. The van der Waals surface area contributed by atoms with Crippen LogP contribution in [0.4, 0.5) is 13.2 Å². The van der Waals surface area contributed by atoms with Crippen molar-refractivity contribution in [2.75, 3.05) is 0 Å². The molecule has 3 rings (SSSR count). The predicted molar refractivity (Wildman–Crippen MR) is 75.9 cm³/mol. The van der Waals surface area contributed by atoms with E-state index in [1.165, 1.54) is 0 Å². The van der Waals surface area contributed by atoms with E-state index in [1.54, 1.807) is 0 Å². The van der Waals surface area contributed by atoms with Gasteiger partial charge in [0.1, 0.15) is 0 Å². The lowest BCUT2D eigenvalue weighted by molar-refractivity contribution is -0.265. The van der Waals surface area contributed by atoms with Crippen molar-refractivity contribution in [3.8, 4) is 0 Å². The van der Waals surface area contributed by atoms with Crippen LogP contribution in [0.2, 0.25) is 0 Å². The van der Waals surface area contributed by atoms with Crippen LogP contribution in [-0.4, -0.2) is 17.7 Å². The van der Waals surface area contributed by atoms with Gasteiger partial charge in [-0.15, -0.1) is 0 Å². The zero-order chi connectivity index (χ0) is 16.1. The number of allylic oxidation sites excluding steroid dienone is 1. The first-order valence-electron chi connectivity index (χ1n) is 7.29. The number of ether oxygens (including phenoxy) is 1. The average Bonchev–Trinajstić information content (AvgIpc) is 2.93. The Morgan fingerprint density at radius 3 is 2.55 bits per heavy atom. The van der Waals surface area contributed by atoms with Crippen LogP contribution >= 0.6 is 0 Å². The molecule has 0 bridgehead atoms. The fourth-order valence-corrected chi connectivity index (χ4v) is 3.75. The van der Waals surface area contributed by atoms with Crippen LogP contribution in [0.25, 0.3) is 5.57 Å². The lowest BCUT2D eigenvalue weighted by Gasteiger charge is -2.31. The average molecular weight is 310 g/mol. The third-order valence-corrected chi connectivity index (χ3v) is 4.94. The van der Waals surface area contributed by atoms with E-state index in [-0.39, 0.29) is 18.8 Å². The molecular formula is C17H17F3O2. The Morgan fingerprint density at radius 2 is 1.95 bits per heavy atom. The van der Waals surface area contributed by atoms with Crippen LogP contribution in [-0.2, 0) is 9.53 Å². The SMILES string of the molecule is C=C(c1ccc(C)cc1)[C@H]1CC[C@@]2(C(F)(F)F)OC(=O)C[C@H]12. The van der Waals surface area contributed by atoms with Crippen molar-refractivity contribution in [3.05, 3.63) is 42.0 Å². The van der Waals surface area contributed by atoms with Gasteiger partial charge in [-0.3, -0.25) is 4.79 Å². The summed E-state index contributed by atoms with van der Waals surface area (Å²) in [5.74, 6) is -2.01. The number of halogens is 3. The molecule has 1 aromatic carbocycles. The zero-order valence-electron chi connectivity index (χ0n) is 12.2. The maximum atomic E-state index is 13.5. The fraction of sp³-hybridized carbons (Fsp3) is 0.471. The van der Waals surface area contributed by atoms with E-state index in [0.717, 1.165) is 11.1 Å². The second kappa shape index (κ2) is 4.86. The van der Waals surface area contributed by atoms with Gasteiger partial charge in [0, 0.05) is 5.92 Å². The first-order chi connectivity index (χ1) is 10.2. The van der Waals surface area contributed by atoms with Gasteiger partial charge in [0.25, 0.3) is 0 Å². The smallest absolute Gasteiger partial charge is 0.428 e. The minimum atomic E-state index is -4.54. The summed E-state index contributed by atoms with van der Waals surface area (Å²) >= 11 is 0. The maximum absolute atomic E-state index is 13.5. The standard InChI is InChI=1S/C17H17F3O2/c1-10-3-5-12(6-4-10)11(2)13-7-8-16(17(18,19)20)14(13)9-15(21)22-16/h3-6,13-14H,2,7-9H2,1H3/t13-,14-,16-/m1/s1. The van der Waals surface area contributed by atoms with Gasteiger partial charge in [0.05, 0.1) is 6.42 Å². The van der Waals surface area contributed by atoms with Gasteiger partial charge in [-0.05, 0) is 36.8 Å². The third-order valence-electron chi connectivity index (χ3n) is 4.94. The molecule has 0 N–H and O–H groups in total. The number of hydrogen-bond donors (Lipinski definition) is 0. The van der Waals surface area contributed by atoms with E-state index in [4.69, 9.17) is 4.74 Å². The molecule has 118 valence electrons. The molecule has 22 heavy (non-hydrogen) atoms. The summed E-state index contributed by atoms with van der Waals surface area (Å²) in [6, 6.07) is 7.54. The number of esters is 1. The van der Waals surface area contributed by atoms with Crippen molar-refractivity contribution >= 4 is 11.5 Å². The van der Waals surface area contributed by atoms with Gasteiger partial charge in [-0.25, -0.2) is 0 Å². The monoisotopic (exact) mass is 310 g/mol. The van der Waals surface area contributed by atoms with Gasteiger partial charge in [-0.2, -0.15) is 13.2 Å². The number of carbonyl (C=O) groups excluding carboxylic acids is 1. The lowest BCUT2D eigenvalue weighted by atomic mass is 9.79. The van der Waals surface area contributed by atoms with Crippen LogP contribution < -0.4 is 0 Å². The lowest BCUT2D eigenvalue weighted by Crippen LogP contribution is -2.47. The molecule has 0 unspecified atom stereocenters. The summed E-state index contributed by atoms with van der Waals surface area (Å²) in [5, 5.41) is 0. The molecule has 1 aromatic rings. The molecule has 2 nitrogen and oxygen atoms in total. The second-order valence-corrected chi connectivity index (χ2v) is 6.21. The quantitative estimate of drug-likeness (QED) is 0.762. The molecule has 2 fully saturated rings. The summed E-state index contributed by atoms with van der Waals surface area (Å²) in [7, 11) is 0. The number of rotatable bonds is 2. The van der Waals surface area contributed by atoms with Crippen LogP contribution in [0, 0.1) is 18.8 Å². The fourth-order valence-electron chi connectivity index (χ4n) is 3.75. The number of aryl methyl sites for hydroxylation is 1. The van der Waals surface area contributed by atoms with Gasteiger partial charge in [0.15, 0.2) is 0 Å². The molecule has 1 aliphatic heterocycles. The molecule has 1 heterocycles. The molecule has 3 atom stereocenters. The number of alkyl halides is 3. The molecular weight excluding hydrogens is 293 g/mol. The summed E-state index contributed by atoms with van der Waals surface area (Å²) in [6.07, 6.45) is -4.56. The number of fused-ring (bicyclic) bond motifs is 1. The van der Waals surface area contributed by atoms with Crippen molar-refractivity contribution in [2.24, 2.45) is 11.8 Å². The highest BCUT2D eigenvalue weighted by atomic mass is 19.4. The van der Waals surface area contributed by atoms with Crippen molar-refractivity contribution in [3.63, 3.8) is 0 Å². The minimum absolute atomic E-state index is 0.178. The first kappa shape index (κ1) is 15.1. The summed E-state index contributed by atoms with van der Waals surface area (Å²) in [4.78, 5) is 11.5. The van der Waals surface area contributed by atoms with Gasteiger partial charge in [0.2, 0.25) is 5.60 Å². The van der Waals surface area contributed by atoms with Crippen molar-refractivity contribution in [1.29, 1.82) is 0 Å². The van der Waals surface area contributed by atoms with Crippen LogP contribution in [0.1, 0.15) is 30.4 Å². The largest absolute Gasteiger partial charge is 0.449 e. The highest BCUT2D eigenvalue weighted by molar-refractivity contribution is 5.75. The van der Waals surface area contributed by atoms with Gasteiger partial charge < -0.3 is 4.74 Å². The Kier molecular flexibility index (Phi) is 3.34. The number of hydrogen-bond acceptors (Lipinski definition) is 2. The summed E-state index contributed by atoms with van der Waals surface area (Å²) in [5.41, 5.74) is 0.247. The topological polar surface area (TPSA) is 26.3 Å². The Bertz CT molecular complexity index is 618. The molecule has 1 saturated heterocycles. The van der Waals surface area contributed by atoms with Crippen LogP contribution in [0.15, 0.2) is 30.8 Å². The van der Waals surface area contributed by atoms with E-state index >= 15 is 0 Å². The molecule has 2 aliphatic rings. The summed E-state index contributed by atoms with van der Waals surface area (Å²) < 4.78 is 45.2. The molecule has 1 saturated carbocycles. The maximum Gasteiger partial charge on any atom is 0.428 e. The first-order valence-corrected chi connectivity index (χ1v) is 7.29. The molecule has 0 aromatic heterocycles. The Hall–Kier alpha value is -1.78. The minimum Gasteiger partial charge on any atom is -0.449 e. The van der Waals surface area contributed by atoms with Crippen LogP contribution in [0.3, 0.4) is 0 Å². The van der Waals surface area contributed by atoms with E-state index in [1.807, 2.05) is 31.2 Å². The highest BCUT2D eigenvalue weighted by Gasteiger charge is 2.70. The highest BCUT2D eigenvalue weighted by Crippen LogP contribution is 2.59. The second-order valence-electron chi connectivity index (χ2n) is 6.21.